The average molecular weight is 322 g/mol. The predicted octanol–water partition coefficient (Wildman–Crippen LogP) is 1.56. The number of nitrogens with zero attached hydrogens (tertiary/aromatic N) is 4. The van der Waals surface area contributed by atoms with E-state index in [4.69, 9.17) is 4.74 Å². The van der Waals surface area contributed by atoms with Gasteiger partial charge in [-0.2, -0.15) is 0 Å². The third-order valence-corrected chi connectivity index (χ3v) is 5.30. The van der Waals surface area contributed by atoms with E-state index in [1.807, 2.05) is 7.05 Å². The number of aromatic nitrogens is 3. The van der Waals surface area contributed by atoms with Gasteiger partial charge in [0, 0.05) is 26.1 Å². The second-order valence-corrected chi connectivity index (χ2v) is 7.23. The third-order valence-electron chi connectivity index (χ3n) is 5.30. The van der Waals surface area contributed by atoms with Gasteiger partial charge in [-0.15, -0.1) is 5.10 Å². The van der Waals surface area contributed by atoms with Gasteiger partial charge in [0.05, 0.1) is 18.8 Å². The van der Waals surface area contributed by atoms with Crippen molar-refractivity contribution in [1.82, 2.24) is 19.9 Å². The van der Waals surface area contributed by atoms with E-state index < -0.39 is 5.67 Å². The Morgan fingerprint density at radius 1 is 1.39 bits per heavy atom. The number of carbonyl (C=O) groups excluding carboxylic acids is 1. The Bertz CT molecular complexity index is 609. The normalized spacial score (nSPS) is 25.8. The van der Waals surface area contributed by atoms with Crippen molar-refractivity contribution < 1.29 is 13.9 Å². The molecule has 7 heteroatoms. The maximum absolute atomic E-state index is 14.5. The van der Waals surface area contributed by atoms with Crippen LogP contribution >= 0.6 is 0 Å². The van der Waals surface area contributed by atoms with Gasteiger partial charge in [0.15, 0.2) is 5.67 Å². The zero-order valence-electron chi connectivity index (χ0n) is 13.5. The van der Waals surface area contributed by atoms with Crippen LogP contribution in [0, 0.1) is 5.92 Å². The van der Waals surface area contributed by atoms with Gasteiger partial charge in [-0.1, -0.05) is 5.21 Å². The number of aryl methyl sites for hydroxylation is 1. The van der Waals surface area contributed by atoms with Crippen LogP contribution in [0.25, 0.3) is 0 Å². The molecule has 0 saturated heterocycles. The van der Waals surface area contributed by atoms with Crippen molar-refractivity contribution in [2.45, 2.75) is 50.2 Å². The molecule has 0 N–H and O–H groups in total. The summed E-state index contributed by atoms with van der Waals surface area (Å²) in [5, 5.41) is 8.24. The molecular weight excluding hydrogens is 299 g/mol. The molecule has 1 aliphatic heterocycles. The summed E-state index contributed by atoms with van der Waals surface area (Å²) in [6.07, 6.45) is 3.98. The molecule has 23 heavy (non-hydrogen) atoms. The smallest absolute Gasteiger partial charge is 0.260 e. The summed E-state index contributed by atoms with van der Waals surface area (Å²) >= 11 is 0. The molecule has 3 aliphatic rings. The van der Waals surface area contributed by atoms with E-state index >= 15 is 0 Å². The fourth-order valence-corrected chi connectivity index (χ4v) is 3.55. The summed E-state index contributed by atoms with van der Waals surface area (Å²) in [5.41, 5.74) is 0.139. The molecule has 1 atom stereocenters. The first-order valence-corrected chi connectivity index (χ1v) is 8.51. The van der Waals surface area contributed by atoms with Gasteiger partial charge >= 0.3 is 0 Å². The summed E-state index contributed by atoms with van der Waals surface area (Å²) in [6, 6.07) is 0. The maximum Gasteiger partial charge on any atom is 0.260 e. The number of rotatable bonds is 5. The molecule has 2 saturated carbocycles. The Kier molecular flexibility index (Phi) is 3.63. The van der Waals surface area contributed by atoms with Crippen LogP contribution in [0.5, 0.6) is 0 Å². The van der Waals surface area contributed by atoms with Gasteiger partial charge in [-0.05, 0) is 38.0 Å². The topological polar surface area (TPSA) is 60.2 Å². The van der Waals surface area contributed by atoms with Crippen LogP contribution < -0.4 is 0 Å². The van der Waals surface area contributed by atoms with E-state index in [0.717, 1.165) is 24.4 Å². The third kappa shape index (κ3) is 2.75. The van der Waals surface area contributed by atoms with Crippen molar-refractivity contribution in [1.29, 1.82) is 0 Å². The first kappa shape index (κ1) is 15.1. The molecule has 0 bridgehead atoms. The lowest BCUT2D eigenvalue weighted by Crippen LogP contribution is -2.52. The second kappa shape index (κ2) is 5.54. The van der Waals surface area contributed by atoms with Crippen LogP contribution in [0.4, 0.5) is 4.39 Å². The van der Waals surface area contributed by atoms with Crippen LogP contribution in [0.1, 0.15) is 49.4 Å². The number of halogens is 1. The summed E-state index contributed by atoms with van der Waals surface area (Å²) in [6.45, 7) is 2.15. The highest BCUT2D eigenvalue weighted by atomic mass is 19.1. The molecule has 4 rings (SSSR count). The second-order valence-electron chi connectivity index (χ2n) is 7.23. The molecule has 1 amide bonds. The van der Waals surface area contributed by atoms with E-state index in [0.29, 0.717) is 38.5 Å². The Hall–Kier alpha value is -1.50. The fraction of sp³-hybridized carbons (Fsp3) is 0.812. The van der Waals surface area contributed by atoms with Crippen LogP contribution in [-0.4, -0.2) is 51.2 Å². The monoisotopic (exact) mass is 322 g/mol. The van der Waals surface area contributed by atoms with Crippen molar-refractivity contribution in [2.75, 3.05) is 19.8 Å². The van der Waals surface area contributed by atoms with Crippen molar-refractivity contribution in [3.63, 3.8) is 0 Å². The lowest BCUT2D eigenvalue weighted by atomic mass is 9.80. The predicted molar refractivity (Wildman–Crippen MR) is 80.4 cm³/mol. The molecule has 2 aliphatic carbocycles. The standard InChI is InChI=1S/C16H23FN4O2/c1-20-14-12(10-23-9-11-3-4-11)7-21(8-13(14)18-19-20)15(22)16(17)5-2-6-16/h11-12H,2-10H2,1H3. The van der Waals surface area contributed by atoms with Crippen molar-refractivity contribution in [3.05, 3.63) is 11.4 Å². The SMILES string of the molecule is Cn1nnc2c1C(COCC1CC1)CN(C(=O)C1(F)CCC1)C2. The van der Waals surface area contributed by atoms with Crippen LogP contribution in [0.2, 0.25) is 0 Å². The highest BCUT2D eigenvalue weighted by Crippen LogP contribution is 2.39. The molecule has 6 nitrogen and oxygen atoms in total. The van der Waals surface area contributed by atoms with E-state index in [2.05, 4.69) is 10.3 Å². The fourth-order valence-electron chi connectivity index (χ4n) is 3.55. The molecule has 126 valence electrons. The van der Waals surface area contributed by atoms with Gasteiger partial charge in [-0.25, -0.2) is 4.39 Å². The number of carbonyl (C=O) groups is 1. The van der Waals surface area contributed by atoms with E-state index in [1.165, 1.54) is 12.8 Å². The van der Waals surface area contributed by atoms with Gasteiger partial charge in [0.1, 0.15) is 5.69 Å². The Morgan fingerprint density at radius 3 is 2.83 bits per heavy atom. The van der Waals surface area contributed by atoms with Crippen molar-refractivity contribution in [3.8, 4) is 0 Å². The van der Waals surface area contributed by atoms with E-state index in [-0.39, 0.29) is 11.8 Å². The molecule has 1 unspecified atom stereocenters. The summed E-state index contributed by atoms with van der Waals surface area (Å²) in [7, 11) is 1.86. The highest BCUT2D eigenvalue weighted by molar-refractivity contribution is 5.86. The van der Waals surface area contributed by atoms with Crippen molar-refractivity contribution >= 4 is 5.91 Å². The van der Waals surface area contributed by atoms with Crippen molar-refractivity contribution in [2.24, 2.45) is 13.0 Å². The number of ether oxygens (including phenoxy) is 1. The Labute approximate surface area is 135 Å². The molecule has 2 fully saturated rings. The Balaban J connectivity index is 1.49. The minimum absolute atomic E-state index is 0.0186. The minimum atomic E-state index is -1.65. The molecule has 1 aromatic heterocycles. The van der Waals surface area contributed by atoms with Crippen LogP contribution in [-0.2, 0) is 23.1 Å². The lowest BCUT2D eigenvalue weighted by molar-refractivity contribution is -0.151. The maximum atomic E-state index is 14.5. The molecule has 1 aromatic rings. The molecule has 2 heterocycles. The van der Waals surface area contributed by atoms with E-state index in [9.17, 15) is 9.18 Å². The number of fused-ring (bicyclic) bond motifs is 1. The van der Waals surface area contributed by atoms with Gasteiger partial charge in [0.25, 0.3) is 5.91 Å². The molecular formula is C16H23FN4O2. The number of amides is 1. The van der Waals surface area contributed by atoms with Crippen LogP contribution in [0.3, 0.4) is 0 Å². The largest absolute Gasteiger partial charge is 0.380 e. The minimum Gasteiger partial charge on any atom is -0.380 e. The zero-order valence-corrected chi connectivity index (χ0v) is 13.5. The van der Waals surface area contributed by atoms with Gasteiger partial charge in [-0.3, -0.25) is 9.48 Å². The number of hydrogen-bond donors (Lipinski definition) is 0. The summed E-state index contributed by atoms with van der Waals surface area (Å²) in [5.74, 6) is 0.335. The van der Waals surface area contributed by atoms with E-state index in [1.54, 1.807) is 9.58 Å². The quantitative estimate of drug-likeness (QED) is 0.825. The Morgan fingerprint density at radius 2 is 2.17 bits per heavy atom. The summed E-state index contributed by atoms with van der Waals surface area (Å²) < 4.78 is 22.1. The molecule has 0 spiro atoms. The van der Waals surface area contributed by atoms with Gasteiger partial charge in [0.2, 0.25) is 0 Å². The highest BCUT2D eigenvalue weighted by Gasteiger charge is 2.48. The first-order valence-electron chi connectivity index (χ1n) is 8.51. The average Bonchev–Trinajstić information content (AvgIpc) is 3.26. The number of alkyl halides is 1. The number of hydrogen-bond acceptors (Lipinski definition) is 4. The summed E-state index contributed by atoms with van der Waals surface area (Å²) in [4.78, 5) is 14.1. The van der Waals surface area contributed by atoms with Crippen LogP contribution in [0.15, 0.2) is 0 Å². The first-order chi connectivity index (χ1) is 11.1. The van der Waals surface area contributed by atoms with Gasteiger partial charge < -0.3 is 9.64 Å². The lowest BCUT2D eigenvalue weighted by Gasteiger charge is -2.40. The molecule has 0 aromatic carbocycles. The molecule has 0 radical (unpaired) electrons. The zero-order chi connectivity index (χ0) is 16.0.